The summed E-state index contributed by atoms with van der Waals surface area (Å²) in [6.07, 6.45) is 8.25. The summed E-state index contributed by atoms with van der Waals surface area (Å²) in [4.78, 5) is 22.5. The van der Waals surface area contributed by atoms with Gasteiger partial charge in [0.2, 0.25) is 0 Å². The van der Waals surface area contributed by atoms with Crippen LogP contribution in [0.15, 0.2) is 25.0 Å². The number of aromatic nitrogens is 5. The van der Waals surface area contributed by atoms with E-state index in [1.54, 1.807) is 22.1 Å². The average Bonchev–Trinajstić information content (AvgIpc) is 3.13. The second-order valence-electron chi connectivity index (χ2n) is 6.48. The van der Waals surface area contributed by atoms with Gasteiger partial charge in [0.1, 0.15) is 18.5 Å². The van der Waals surface area contributed by atoms with Crippen LogP contribution in [-0.4, -0.2) is 47.3 Å². The quantitative estimate of drug-likeness (QED) is 0.847. The van der Waals surface area contributed by atoms with Crippen LogP contribution in [0.1, 0.15) is 25.1 Å². The molecule has 0 bridgehead atoms. The lowest BCUT2D eigenvalue weighted by molar-refractivity contribution is -0.151. The van der Waals surface area contributed by atoms with E-state index in [1.807, 2.05) is 10.8 Å². The molecule has 1 aliphatic carbocycles. The van der Waals surface area contributed by atoms with Gasteiger partial charge in [0.15, 0.2) is 5.67 Å². The van der Waals surface area contributed by atoms with E-state index >= 15 is 0 Å². The summed E-state index contributed by atoms with van der Waals surface area (Å²) in [6, 6.07) is 0. The molecule has 0 N–H and O–H groups in total. The fourth-order valence-electron chi connectivity index (χ4n) is 3.39. The molecule has 2 aromatic rings. The Balaban J connectivity index is 1.58. The van der Waals surface area contributed by atoms with Crippen molar-refractivity contribution < 1.29 is 9.18 Å². The van der Waals surface area contributed by atoms with Crippen LogP contribution in [0.3, 0.4) is 0 Å². The van der Waals surface area contributed by atoms with Crippen molar-refractivity contribution in [3.8, 4) is 0 Å². The van der Waals surface area contributed by atoms with Crippen LogP contribution in [0.25, 0.3) is 0 Å². The Morgan fingerprint density at radius 3 is 2.96 bits per heavy atom. The van der Waals surface area contributed by atoms with Crippen molar-refractivity contribution in [2.24, 2.45) is 5.92 Å². The van der Waals surface area contributed by atoms with Crippen molar-refractivity contribution in [3.63, 3.8) is 0 Å². The Labute approximate surface area is 133 Å². The highest BCUT2D eigenvalue weighted by Crippen LogP contribution is 2.38. The van der Waals surface area contributed by atoms with Gasteiger partial charge in [-0.1, -0.05) is 0 Å². The third-order valence-corrected chi connectivity index (χ3v) is 4.80. The lowest BCUT2D eigenvalue weighted by atomic mass is 9.81. The lowest BCUT2D eigenvalue weighted by Crippen LogP contribution is -2.51. The van der Waals surface area contributed by atoms with Crippen LogP contribution < -0.4 is 0 Å². The van der Waals surface area contributed by atoms with E-state index in [-0.39, 0.29) is 11.8 Å². The zero-order valence-electron chi connectivity index (χ0n) is 12.8. The number of halogens is 1. The second-order valence-corrected chi connectivity index (χ2v) is 6.48. The molecule has 3 heterocycles. The highest BCUT2D eigenvalue weighted by atomic mass is 19.1. The highest BCUT2D eigenvalue weighted by Gasteiger charge is 2.47. The smallest absolute Gasteiger partial charge is 0.260 e. The Morgan fingerprint density at radius 1 is 1.39 bits per heavy atom. The average molecular weight is 318 g/mol. The van der Waals surface area contributed by atoms with Gasteiger partial charge in [-0.3, -0.25) is 9.48 Å². The van der Waals surface area contributed by atoms with Gasteiger partial charge >= 0.3 is 0 Å². The van der Waals surface area contributed by atoms with Gasteiger partial charge in [0, 0.05) is 37.9 Å². The fourth-order valence-corrected chi connectivity index (χ4v) is 3.39. The van der Waals surface area contributed by atoms with Crippen molar-refractivity contribution in [1.29, 1.82) is 0 Å². The molecule has 2 aliphatic rings. The summed E-state index contributed by atoms with van der Waals surface area (Å²) in [6.45, 7) is 2.25. The van der Waals surface area contributed by atoms with E-state index in [4.69, 9.17) is 0 Å². The van der Waals surface area contributed by atoms with E-state index in [0.29, 0.717) is 32.5 Å². The molecule has 1 atom stereocenters. The molecular weight excluding hydrogens is 299 g/mol. The number of hydrogen-bond donors (Lipinski definition) is 0. The molecule has 4 rings (SSSR count). The monoisotopic (exact) mass is 318 g/mol. The highest BCUT2D eigenvalue weighted by molar-refractivity contribution is 5.86. The summed E-state index contributed by atoms with van der Waals surface area (Å²) in [5, 5.41) is 4.13. The van der Waals surface area contributed by atoms with Gasteiger partial charge in [-0.2, -0.15) is 5.10 Å². The Hall–Kier alpha value is -2.25. The summed E-state index contributed by atoms with van der Waals surface area (Å²) >= 11 is 0. The molecule has 8 heteroatoms. The summed E-state index contributed by atoms with van der Waals surface area (Å²) in [5.41, 5.74) is -1.67. The van der Waals surface area contributed by atoms with E-state index in [0.717, 1.165) is 18.8 Å². The molecule has 122 valence electrons. The number of carbonyl (C=O) groups is 1. The molecule has 1 aliphatic heterocycles. The van der Waals surface area contributed by atoms with Crippen molar-refractivity contribution in [3.05, 3.63) is 30.9 Å². The molecule has 7 nitrogen and oxygen atoms in total. The van der Waals surface area contributed by atoms with Crippen LogP contribution in [0.2, 0.25) is 0 Å². The number of nitrogens with zero attached hydrogens (tertiary/aromatic N) is 6. The molecule has 1 amide bonds. The largest absolute Gasteiger partial charge is 0.333 e. The normalized spacial score (nSPS) is 23.0. The predicted octanol–water partition coefficient (Wildman–Crippen LogP) is 1.03. The number of fused-ring (bicyclic) bond motifs is 1. The minimum atomic E-state index is -1.67. The summed E-state index contributed by atoms with van der Waals surface area (Å²) < 4.78 is 18.4. The van der Waals surface area contributed by atoms with Crippen LogP contribution in [0, 0.1) is 5.92 Å². The summed E-state index contributed by atoms with van der Waals surface area (Å²) in [7, 11) is 0. The van der Waals surface area contributed by atoms with Crippen molar-refractivity contribution in [2.45, 2.75) is 44.6 Å². The first-order chi connectivity index (χ1) is 11.1. The zero-order chi connectivity index (χ0) is 15.9. The van der Waals surface area contributed by atoms with Gasteiger partial charge in [0.05, 0.1) is 6.54 Å². The van der Waals surface area contributed by atoms with E-state index in [1.165, 1.54) is 6.33 Å². The maximum Gasteiger partial charge on any atom is 0.260 e. The van der Waals surface area contributed by atoms with Crippen molar-refractivity contribution >= 4 is 5.91 Å². The summed E-state index contributed by atoms with van der Waals surface area (Å²) in [5.74, 6) is 0.561. The minimum Gasteiger partial charge on any atom is -0.333 e. The predicted molar refractivity (Wildman–Crippen MR) is 78.8 cm³/mol. The van der Waals surface area contributed by atoms with Crippen molar-refractivity contribution in [2.75, 3.05) is 6.54 Å². The molecule has 1 saturated carbocycles. The Morgan fingerprint density at radius 2 is 2.26 bits per heavy atom. The number of imidazole rings is 1. The lowest BCUT2D eigenvalue weighted by Gasteiger charge is -2.37. The molecular formula is C15H19FN6O. The molecule has 0 saturated heterocycles. The molecule has 0 spiro atoms. The van der Waals surface area contributed by atoms with Gasteiger partial charge < -0.3 is 9.47 Å². The van der Waals surface area contributed by atoms with Crippen LogP contribution in [-0.2, 0) is 24.4 Å². The first kappa shape index (κ1) is 14.3. The molecule has 23 heavy (non-hydrogen) atoms. The first-order valence-corrected chi connectivity index (χ1v) is 7.95. The van der Waals surface area contributed by atoms with Gasteiger partial charge in [0.25, 0.3) is 5.91 Å². The van der Waals surface area contributed by atoms with Crippen LogP contribution >= 0.6 is 0 Å². The number of rotatable bonds is 3. The number of carbonyl (C=O) groups excluding carboxylic acids is 1. The van der Waals surface area contributed by atoms with Crippen LogP contribution in [0.4, 0.5) is 4.39 Å². The SMILES string of the molecule is O=C(N1Cc2nccn2C[C@H](Cn2cncn2)C1)C1(F)CCC1. The third-order valence-electron chi connectivity index (χ3n) is 4.80. The van der Waals surface area contributed by atoms with E-state index < -0.39 is 5.67 Å². The van der Waals surface area contributed by atoms with Crippen molar-refractivity contribution in [1.82, 2.24) is 29.2 Å². The third kappa shape index (κ3) is 2.62. The Kier molecular flexibility index (Phi) is 3.39. The molecule has 0 radical (unpaired) electrons. The fraction of sp³-hybridized carbons (Fsp3) is 0.600. The zero-order valence-corrected chi connectivity index (χ0v) is 12.8. The van der Waals surface area contributed by atoms with Gasteiger partial charge in [-0.15, -0.1) is 0 Å². The molecule has 0 unspecified atom stereocenters. The maximum absolute atomic E-state index is 14.6. The number of hydrogen-bond acceptors (Lipinski definition) is 4. The first-order valence-electron chi connectivity index (χ1n) is 7.95. The molecule has 0 aromatic carbocycles. The maximum atomic E-state index is 14.6. The topological polar surface area (TPSA) is 68.8 Å². The standard InChI is InChI=1S/C15H19FN6O/c16-15(2-1-3-15)14(23)21-7-12(8-22-11-17-10-19-22)6-20-5-4-18-13(20)9-21/h4-5,10-12H,1-3,6-9H2/t12-/m0/s1. The van der Waals surface area contributed by atoms with E-state index in [2.05, 4.69) is 15.1 Å². The number of alkyl halides is 1. The van der Waals surface area contributed by atoms with Crippen LogP contribution in [0.5, 0.6) is 0 Å². The van der Waals surface area contributed by atoms with Gasteiger partial charge in [-0.25, -0.2) is 14.4 Å². The molecule has 2 aromatic heterocycles. The number of amides is 1. The second kappa shape index (κ2) is 5.43. The van der Waals surface area contributed by atoms with Gasteiger partial charge in [-0.05, 0) is 19.3 Å². The van der Waals surface area contributed by atoms with E-state index in [9.17, 15) is 9.18 Å². The minimum absolute atomic E-state index is 0.139. The Bertz CT molecular complexity index is 693. The molecule has 1 fully saturated rings.